The summed E-state index contributed by atoms with van der Waals surface area (Å²) in [6, 6.07) is 0.319. The third kappa shape index (κ3) is 4.36. The number of amides is 1. The van der Waals surface area contributed by atoms with E-state index in [0.29, 0.717) is 23.4 Å². The lowest BCUT2D eigenvalue weighted by atomic mass is 9.52. The Hall–Kier alpha value is -3.15. The van der Waals surface area contributed by atoms with Crippen LogP contribution in [0.15, 0.2) is 6.07 Å². The molecule has 11 heteroatoms. The maximum absolute atomic E-state index is 13.9. The van der Waals surface area contributed by atoms with E-state index in [1.54, 1.807) is 14.1 Å². The fourth-order valence-electron chi connectivity index (χ4n) is 6.89. The number of nitrogens with two attached hydrogens (primary N) is 1. The molecular formula is C28H37N3O8. The molecular weight excluding hydrogens is 506 g/mol. The first-order chi connectivity index (χ1) is 18.3. The van der Waals surface area contributed by atoms with E-state index in [-0.39, 0.29) is 24.2 Å². The van der Waals surface area contributed by atoms with Crippen LogP contribution in [0.3, 0.4) is 0 Å². The summed E-state index contributed by atoms with van der Waals surface area (Å²) in [5, 5.41) is 22.6. The van der Waals surface area contributed by atoms with Crippen LogP contribution in [0, 0.1) is 23.7 Å². The number of primary amides is 1. The van der Waals surface area contributed by atoms with E-state index in [1.165, 1.54) is 18.1 Å². The number of ketones is 4. The molecule has 4 N–H and O–H groups in total. The first-order valence-electron chi connectivity index (χ1n) is 13.3. The normalized spacial score (nSPS) is 30.3. The van der Waals surface area contributed by atoms with Gasteiger partial charge in [0, 0.05) is 23.6 Å². The van der Waals surface area contributed by atoms with Crippen LogP contribution in [0.25, 0.3) is 0 Å². The number of ether oxygens (including phenoxy) is 1. The zero-order valence-electron chi connectivity index (χ0n) is 23.0. The van der Waals surface area contributed by atoms with Gasteiger partial charge in [-0.1, -0.05) is 13.3 Å². The standard InChI is InChI=1S/C28H37N3O8/c1-6-7-8-31(4)12-14-11-17(32)19-15(24(14)39-5)9-13-10-16-21(30(2)3)23(34)20(27(29)37)26(36)28(16,38)25(35)18(13)22(19)33/h11,13,16,18,20-21,32,38H,6-10,12H2,1-5H3,(H2,29,37)/t13-,16-,18?,20?,21-,28-/m0/s1. The lowest BCUT2D eigenvalue weighted by Crippen LogP contribution is -2.74. The van der Waals surface area contributed by atoms with Gasteiger partial charge in [-0.3, -0.25) is 28.9 Å². The third-order valence-corrected chi connectivity index (χ3v) is 8.63. The van der Waals surface area contributed by atoms with Crippen molar-refractivity contribution in [3.8, 4) is 11.5 Å². The summed E-state index contributed by atoms with van der Waals surface area (Å²) in [5.74, 6) is -10.2. The van der Waals surface area contributed by atoms with Gasteiger partial charge in [-0.2, -0.15) is 0 Å². The van der Waals surface area contributed by atoms with Crippen LogP contribution in [0.5, 0.6) is 11.5 Å². The fraction of sp³-hybridized carbons (Fsp3) is 0.607. The molecule has 0 radical (unpaired) electrons. The van der Waals surface area contributed by atoms with Crippen molar-refractivity contribution < 1.29 is 38.9 Å². The highest BCUT2D eigenvalue weighted by Gasteiger charge is 2.69. The number of nitrogens with zero attached hydrogens (tertiary/aromatic N) is 2. The minimum absolute atomic E-state index is 0.00551. The minimum Gasteiger partial charge on any atom is -0.507 e. The number of likely N-dealkylation sites (N-methyl/N-ethyl adjacent to an activating group) is 1. The lowest BCUT2D eigenvalue weighted by molar-refractivity contribution is -0.181. The quantitative estimate of drug-likeness (QED) is 0.383. The van der Waals surface area contributed by atoms with E-state index >= 15 is 0 Å². The van der Waals surface area contributed by atoms with Crippen LogP contribution in [0.1, 0.15) is 47.7 Å². The predicted octanol–water partition coefficient (Wildman–Crippen LogP) is 0.108. The van der Waals surface area contributed by atoms with Crippen LogP contribution < -0.4 is 10.5 Å². The molecule has 212 valence electrons. The lowest BCUT2D eigenvalue weighted by Gasteiger charge is -2.52. The van der Waals surface area contributed by atoms with E-state index in [0.717, 1.165) is 19.4 Å². The summed E-state index contributed by atoms with van der Waals surface area (Å²) in [7, 11) is 6.54. The van der Waals surface area contributed by atoms with E-state index < -0.39 is 64.4 Å². The van der Waals surface area contributed by atoms with E-state index in [9.17, 15) is 34.2 Å². The van der Waals surface area contributed by atoms with Gasteiger partial charge in [0.05, 0.1) is 24.6 Å². The van der Waals surface area contributed by atoms with Gasteiger partial charge in [-0.15, -0.1) is 0 Å². The molecule has 2 fully saturated rings. The molecule has 1 aromatic rings. The average molecular weight is 544 g/mol. The van der Waals surface area contributed by atoms with Gasteiger partial charge in [-0.25, -0.2) is 0 Å². The number of benzene rings is 1. The molecule has 2 saturated carbocycles. The van der Waals surface area contributed by atoms with Crippen LogP contribution in [-0.4, -0.2) is 95.5 Å². The van der Waals surface area contributed by atoms with Crippen molar-refractivity contribution in [3.05, 3.63) is 22.8 Å². The summed E-state index contributed by atoms with van der Waals surface area (Å²) in [4.78, 5) is 69.8. The van der Waals surface area contributed by atoms with Crippen LogP contribution in [0.2, 0.25) is 0 Å². The molecule has 3 aliphatic rings. The van der Waals surface area contributed by atoms with Crippen molar-refractivity contribution in [1.82, 2.24) is 9.80 Å². The van der Waals surface area contributed by atoms with E-state index in [4.69, 9.17) is 10.5 Å². The van der Waals surface area contributed by atoms with Crippen molar-refractivity contribution in [1.29, 1.82) is 0 Å². The molecule has 11 nitrogen and oxygen atoms in total. The molecule has 3 aliphatic carbocycles. The second kappa shape index (κ2) is 10.4. The van der Waals surface area contributed by atoms with Gasteiger partial charge in [0.1, 0.15) is 11.5 Å². The van der Waals surface area contributed by atoms with Gasteiger partial charge >= 0.3 is 0 Å². The van der Waals surface area contributed by atoms with Crippen molar-refractivity contribution >= 4 is 29.0 Å². The third-order valence-electron chi connectivity index (χ3n) is 8.63. The molecule has 0 saturated heterocycles. The number of rotatable bonds is 8. The molecule has 0 bridgehead atoms. The molecule has 0 aromatic heterocycles. The fourth-order valence-corrected chi connectivity index (χ4v) is 6.89. The van der Waals surface area contributed by atoms with Crippen LogP contribution in [0.4, 0.5) is 0 Å². The maximum Gasteiger partial charge on any atom is 0.235 e. The first-order valence-corrected chi connectivity index (χ1v) is 13.3. The molecule has 0 spiro atoms. The van der Waals surface area contributed by atoms with Crippen molar-refractivity contribution in [2.45, 2.75) is 50.8 Å². The van der Waals surface area contributed by atoms with Gasteiger partial charge in [-0.05, 0) is 58.9 Å². The van der Waals surface area contributed by atoms with Crippen LogP contribution >= 0.6 is 0 Å². The van der Waals surface area contributed by atoms with Crippen molar-refractivity contribution in [3.63, 3.8) is 0 Å². The molecule has 0 aliphatic heterocycles. The Morgan fingerprint density at radius 3 is 2.41 bits per heavy atom. The number of phenols is 1. The second-order valence-corrected chi connectivity index (χ2v) is 11.3. The van der Waals surface area contributed by atoms with Crippen molar-refractivity contribution in [2.24, 2.45) is 29.4 Å². The summed E-state index contributed by atoms with van der Waals surface area (Å²) < 4.78 is 5.73. The predicted molar refractivity (Wildman–Crippen MR) is 139 cm³/mol. The Kier molecular flexibility index (Phi) is 7.72. The van der Waals surface area contributed by atoms with Crippen molar-refractivity contribution in [2.75, 3.05) is 34.8 Å². The number of unbranched alkanes of at least 4 members (excludes halogenated alkanes) is 1. The summed E-state index contributed by atoms with van der Waals surface area (Å²) in [6.07, 6.45) is 2.17. The monoisotopic (exact) mass is 543 g/mol. The Balaban J connectivity index is 1.81. The smallest absolute Gasteiger partial charge is 0.235 e. The number of methoxy groups -OCH3 is 1. The number of phenolic OH excluding ortho intramolecular Hbond substituents is 1. The Bertz CT molecular complexity index is 1240. The molecule has 6 atom stereocenters. The maximum atomic E-state index is 13.9. The number of hydrogen-bond acceptors (Lipinski definition) is 10. The van der Waals surface area contributed by atoms with E-state index in [2.05, 4.69) is 11.8 Å². The number of Topliss-reactive ketones (excluding diaryl/α,β-unsaturated/α-hetero) is 4. The number of carbonyl (C=O) groups excluding carboxylic acids is 5. The van der Waals surface area contributed by atoms with Gasteiger partial charge in [0.25, 0.3) is 0 Å². The zero-order valence-corrected chi connectivity index (χ0v) is 23.0. The SMILES string of the molecule is CCCCN(C)Cc1cc(O)c2c(c1OC)C[C@H]1C[C@H]3[C@H](N(C)C)C(=O)C(C(N)=O)C(=O)[C@@]3(O)C(=O)C1C2=O. The summed E-state index contributed by atoms with van der Waals surface area (Å²) in [6.45, 7) is 3.39. The highest BCUT2D eigenvalue weighted by molar-refractivity contribution is 6.32. The number of aliphatic hydroxyl groups is 1. The topological polar surface area (TPSA) is 168 Å². The number of fused-ring (bicyclic) bond motifs is 3. The van der Waals surface area contributed by atoms with Crippen LogP contribution in [-0.2, 0) is 32.1 Å². The van der Waals surface area contributed by atoms with E-state index in [1.807, 2.05) is 7.05 Å². The number of carbonyl (C=O) groups is 5. The van der Waals surface area contributed by atoms with Gasteiger partial charge in [0.2, 0.25) is 5.91 Å². The number of aromatic hydroxyl groups is 1. The second-order valence-electron chi connectivity index (χ2n) is 11.3. The molecule has 1 aromatic carbocycles. The molecule has 39 heavy (non-hydrogen) atoms. The Morgan fingerprint density at radius 2 is 1.85 bits per heavy atom. The molecule has 1 amide bonds. The summed E-state index contributed by atoms with van der Waals surface area (Å²) >= 11 is 0. The zero-order chi connectivity index (χ0) is 29.0. The Morgan fingerprint density at radius 1 is 1.18 bits per heavy atom. The average Bonchev–Trinajstić information content (AvgIpc) is 2.84. The molecule has 2 unspecified atom stereocenters. The highest BCUT2D eigenvalue weighted by Crippen LogP contribution is 2.52. The first kappa shape index (κ1) is 28.8. The molecule has 0 heterocycles. The largest absolute Gasteiger partial charge is 0.507 e. The Labute approximate surface area is 227 Å². The highest BCUT2D eigenvalue weighted by atomic mass is 16.5. The molecule has 4 rings (SSSR count). The number of hydrogen-bond donors (Lipinski definition) is 3. The summed E-state index contributed by atoms with van der Waals surface area (Å²) in [5.41, 5.74) is 3.69. The van der Waals surface area contributed by atoms with Gasteiger partial charge < -0.3 is 25.6 Å². The minimum atomic E-state index is -2.74. The van der Waals surface area contributed by atoms with Gasteiger partial charge in [0.15, 0.2) is 34.7 Å².